The Bertz CT molecular complexity index is 1520. The van der Waals surface area contributed by atoms with Crippen LogP contribution in [0.2, 0.25) is 0 Å². The second-order valence-electron chi connectivity index (χ2n) is 8.46. The number of carbonyl (C=O) groups excluding carboxylic acids is 1. The van der Waals surface area contributed by atoms with Gasteiger partial charge in [0.05, 0.1) is 30.5 Å². The zero-order valence-electron chi connectivity index (χ0n) is 21.5. The van der Waals surface area contributed by atoms with Crippen molar-refractivity contribution in [3.05, 3.63) is 83.4 Å². The summed E-state index contributed by atoms with van der Waals surface area (Å²) in [7, 11) is 2.56. The average molecular weight is 580 g/mol. The molecule has 1 N–H and O–H groups in total. The molecule has 4 aromatic rings. The normalized spacial score (nSPS) is 11.8. The molecule has 1 heterocycles. The molecule has 0 aliphatic heterocycles. The van der Waals surface area contributed by atoms with Crippen molar-refractivity contribution >= 4 is 11.6 Å². The molecule has 8 nitrogen and oxygen atoms in total. The van der Waals surface area contributed by atoms with Crippen molar-refractivity contribution in [3.8, 4) is 28.8 Å². The van der Waals surface area contributed by atoms with Crippen molar-refractivity contribution in [3.63, 3.8) is 0 Å². The molecule has 3 aromatic carbocycles. The number of nitrogens with one attached hydrogen (secondary N) is 1. The van der Waals surface area contributed by atoms with Gasteiger partial charge in [-0.2, -0.15) is 31.3 Å². The highest BCUT2D eigenvalue weighted by Gasteiger charge is 2.35. The van der Waals surface area contributed by atoms with Crippen molar-refractivity contribution in [2.75, 3.05) is 32.8 Å². The molecule has 0 spiro atoms. The van der Waals surface area contributed by atoms with Gasteiger partial charge in [-0.25, -0.2) is 4.68 Å². The zero-order chi connectivity index (χ0) is 29.8. The summed E-state index contributed by atoms with van der Waals surface area (Å²) in [6.07, 6.45) is -9.27. The lowest BCUT2D eigenvalue weighted by Crippen LogP contribution is -2.15. The van der Waals surface area contributed by atoms with E-state index in [4.69, 9.17) is 14.2 Å². The fourth-order valence-corrected chi connectivity index (χ4v) is 3.74. The van der Waals surface area contributed by atoms with Gasteiger partial charge in [0.1, 0.15) is 12.4 Å². The lowest BCUT2D eigenvalue weighted by molar-refractivity contribution is -0.139. The van der Waals surface area contributed by atoms with Crippen molar-refractivity contribution in [2.24, 2.45) is 0 Å². The topological polar surface area (TPSA) is 87.5 Å². The van der Waals surface area contributed by atoms with E-state index in [-0.39, 0.29) is 36.3 Å². The molecule has 0 unspecified atom stereocenters. The van der Waals surface area contributed by atoms with Crippen LogP contribution >= 0.6 is 0 Å². The minimum absolute atomic E-state index is 0.0794. The number of amides is 1. The summed E-state index contributed by atoms with van der Waals surface area (Å²) in [6, 6.07) is 13.2. The maximum absolute atomic E-state index is 13.4. The van der Waals surface area contributed by atoms with Gasteiger partial charge in [0, 0.05) is 23.9 Å². The predicted molar refractivity (Wildman–Crippen MR) is 135 cm³/mol. The number of rotatable bonds is 9. The first-order valence-electron chi connectivity index (χ1n) is 11.8. The Balaban J connectivity index is 1.66. The highest BCUT2D eigenvalue weighted by Crippen LogP contribution is 2.37. The number of hydrogen-bond donors (Lipinski definition) is 1. The average Bonchev–Trinajstić information content (AvgIpc) is 3.36. The van der Waals surface area contributed by atoms with Crippen LogP contribution in [-0.2, 0) is 17.1 Å². The van der Waals surface area contributed by atoms with E-state index in [1.165, 1.54) is 42.1 Å². The van der Waals surface area contributed by atoms with Gasteiger partial charge in [0.2, 0.25) is 0 Å². The minimum Gasteiger partial charge on any atom is -0.496 e. The lowest BCUT2D eigenvalue weighted by atomic mass is 10.1. The summed E-state index contributed by atoms with van der Waals surface area (Å²) in [4.78, 5) is 17.1. The van der Waals surface area contributed by atoms with Gasteiger partial charge in [-0.15, -0.1) is 5.10 Å². The summed E-state index contributed by atoms with van der Waals surface area (Å²) in [5.41, 5.74) is -1.39. The fraction of sp³-hybridized carbons (Fsp3) is 0.222. The molecule has 0 saturated carbocycles. The first kappa shape index (κ1) is 29.4. The number of nitrogens with zero attached hydrogens (tertiary/aromatic N) is 3. The number of anilines is 1. The minimum atomic E-state index is -4.74. The third kappa shape index (κ3) is 6.95. The first-order chi connectivity index (χ1) is 19.4. The number of benzene rings is 3. The van der Waals surface area contributed by atoms with E-state index in [1.807, 2.05) is 0 Å². The van der Waals surface area contributed by atoms with Gasteiger partial charge >= 0.3 is 18.4 Å². The van der Waals surface area contributed by atoms with Gasteiger partial charge in [0.25, 0.3) is 5.91 Å². The third-order valence-corrected chi connectivity index (χ3v) is 5.69. The quantitative estimate of drug-likeness (QED) is 0.186. The number of alkyl halides is 6. The van der Waals surface area contributed by atoms with Crippen LogP contribution in [0, 0.1) is 0 Å². The molecule has 1 amide bonds. The van der Waals surface area contributed by atoms with Gasteiger partial charge in [0.15, 0.2) is 5.82 Å². The van der Waals surface area contributed by atoms with Crippen LogP contribution in [0.15, 0.2) is 66.7 Å². The maximum Gasteiger partial charge on any atom is 0.419 e. The first-order valence-corrected chi connectivity index (χ1v) is 11.8. The van der Waals surface area contributed by atoms with E-state index in [9.17, 15) is 31.1 Å². The Labute approximate surface area is 229 Å². The molecular weight excluding hydrogens is 558 g/mol. The van der Waals surface area contributed by atoms with Gasteiger partial charge in [-0.1, -0.05) is 18.2 Å². The Morgan fingerprint density at radius 2 is 1.63 bits per heavy atom. The molecule has 14 heteroatoms. The van der Waals surface area contributed by atoms with E-state index in [2.05, 4.69) is 15.4 Å². The lowest BCUT2D eigenvalue weighted by Gasteiger charge is -2.14. The van der Waals surface area contributed by atoms with Crippen LogP contribution in [0.4, 0.5) is 32.0 Å². The number of hydrogen-bond acceptors (Lipinski definition) is 6. The van der Waals surface area contributed by atoms with Crippen LogP contribution in [0.25, 0.3) is 17.1 Å². The van der Waals surface area contributed by atoms with Crippen LogP contribution in [0.5, 0.6) is 11.8 Å². The fourth-order valence-electron chi connectivity index (χ4n) is 3.74. The smallest absolute Gasteiger partial charge is 0.419 e. The SMILES string of the molecule is COCCOc1nc(-c2ccc(C(F)(F)F)cc2)n(-c2cccc(NC(=O)c3ccc(OC)c(C(F)(F)F)c3)c2)n1. The van der Waals surface area contributed by atoms with Gasteiger partial charge in [-0.05, 0) is 48.5 Å². The maximum atomic E-state index is 13.4. The van der Waals surface area contributed by atoms with Crippen molar-refractivity contribution in [1.82, 2.24) is 14.8 Å². The molecule has 0 aliphatic carbocycles. The highest BCUT2D eigenvalue weighted by molar-refractivity contribution is 6.04. The van der Waals surface area contributed by atoms with E-state index in [1.54, 1.807) is 12.1 Å². The van der Waals surface area contributed by atoms with Crippen LogP contribution in [0.1, 0.15) is 21.5 Å². The molecule has 0 atom stereocenters. The Kier molecular flexibility index (Phi) is 8.52. The molecule has 216 valence electrons. The van der Waals surface area contributed by atoms with Crippen molar-refractivity contribution < 1.29 is 45.3 Å². The van der Waals surface area contributed by atoms with E-state index < -0.39 is 35.1 Å². The van der Waals surface area contributed by atoms with Crippen LogP contribution in [0.3, 0.4) is 0 Å². The summed E-state index contributed by atoms with van der Waals surface area (Å²) < 4.78 is 95.9. The number of halogens is 6. The number of carbonyl (C=O) groups is 1. The Morgan fingerprint density at radius 3 is 2.27 bits per heavy atom. The molecule has 0 saturated heterocycles. The molecule has 4 rings (SSSR count). The molecule has 0 bridgehead atoms. The third-order valence-electron chi connectivity index (χ3n) is 5.69. The highest BCUT2D eigenvalue weighted by atomic mass is 19.4. The summed E-state index contributed by atoms with van der Waals surface area (Å²) in [5, 5.41) is 6.83. The van der Waals surface area contributed by atoms with Crippen LogP contribution in [-0.4, -0.2) is 48.1 Å². The molecule has 0 radical (unpaired) electrons. The standard InChI is InChI=1S/C27H22F6N4O4/c1-39-12-13-41-25-35-23(16-6-9-18(10-7-16)26(28,29)30)37(36-25)20-5-3-4-19(15-20)34-24(38)17-8-11-22(40-2)21(14-17)27(31,32)33/h3-11,14-15H,12-13H2,1-2H3,(H,34,38). The largest absolute Gasteiger partial charge is 0.496 e. The second-order valence-corrected chi connectivity index (χ2v) is 8.46. The number of aromatic nitrogens is 3. The van der Waals surface area contributed by atoms with Crippen LogP contribution < -0.4 is 14.8 Å². The molecule has 0 fully saturated rings. The monoisotopic (exact) mass is 580 g/mol. The Hall–Kier alpha value is -4.59. The second kappa shape index (κ2) is 11.9. The predicted octanol–water partition coefficient (Wildman–Crippen LogP) is 6.26. The number of methoxy groups -OCH3 is 2. The summed E-state index contributed by atoms with van der Waals surface area (Å²) in [5.74, 6) is -1.11. The van der Waals surface area contributed by atoms with E-state index in [0.717, 1.165) is 25.3 Å². The Morgan fingerprint density at radius 1 is 0.902 bits per heavy atom. The zero-order valence-corrected chi connectivity index (χ0v) is 21.5. The van der Waals surface area contributed by atoms with E-state index >= 15 is 0 Å². The summed E-state index contributed by atoms with van der Waals surface area (Å²) >= 11 is 0. The van der Waals surface area contributed by atoms with Gasteiger partial charge in [-0.3, -0.25) is 4.79 Å². The molecule has 41 heavy (non-hydrogen) atoms. The molecule has 1 aromatic heterocycles. The summed E-state index contributed by atoms with van der Waals surface area (Å²) in [6.45, 7) is 0.331. The number of ether oxygens (including phenoxy) is 3. The van der Waals surface area contributed by atoms with E-state index in [0.29, 0.717) is 17.3 Å². The van der Waals surface area contributed by atoms with Crippen molar-refractivity contribution in [2.45, 2.75) is 12.4 Å². The molecule has 0 aliphatic rings. The molecular formula is C27H22F6N4O4. The van der Waals surface area contributed by atoms with Crippen molar-refractivity contribution in [1.29, 1.82) is 0 Å². The van der Waals surface area contributed by atoms with Gasteiger partial charge < -0.3 is 19.5 Å².